The van der Waals surface area contributed by atoms with Gasteiger partial charge in [-0.1, -0.05) is 218 Å². The van der Waals surface area contributed by atoms with E-state index < -0.39 is 184 Å². The minimum absolute atomic E-state index is 0.0275. The highest BCUT2D eigenvalue weighted by atomic mass is 16.8. The highest BCUT2D eigenvalue weighted by molar-refractivity contribution is 5.31. The van der Waals surface area contributed by atoms with Gasteiger partial charge in [-0.2, -0.15) is 0 Å². The maximum absolute atomic E-state index is 13.3. The van der Waals surface area contributed by atoms with Crippen molar-refractivity contribution in [2.45, 2.75) is 224 Å². The smallest absolute Gasteiger partial charge is 0.229 e. The number of rotatable bonds is 55. The maximum atomic E-state index is 13.3. The van der Waals surface area contributed by atoms with Crippen molar-refractivity contribution in [3.05, 3.63) is 316 Å². The van der Waals surface area contributed by atoms with Gasteiger partial charge in [0.15, 0.2) is 31.5 Å². The van der Waals surface area contributed by atoms with Crippen LogP contribution < -0.4 is 9.47 Å². The molecule has 30 atom stereocenters. The lowest BCUT2D eigenvalue weighted by Crippen LogP contribution is -2.69. The summed E-state index contributed by atoms with van der Waals surface area (Å²) >= 11 is 0. The van der Waals surface area contributed by atoms with Crippen molar-refractivity contribution in [3.63, 3.8) is 0 Å². The van der Waals surface area contributed by atoms with E-state index in [0.29, 0.717) is 11.5 Å². The molecule has 6 aliphatic heterocycles. The number of hydrogen-bond donors (Lipinski definition) is 7. The van der Waals surface area contributed by atoms with Crippen LogP contribution in [-0.2, 0) is 149 Å². The molecule has 732 valence electrons. The van der Waals surface area contributed by atoms with Gasteiger partial charge in [0.1, 0.15) is 158 Å². The number of aliphatic hydroxyl groups excluding tert-OH is 7. The molecule has 6 saturated heterocycles. The topological polar surface area (TPSA) is 372 Å². The number of methoxy groups -OCH3 is 1. The van der Waals surface area contributed by atoms with Gasteiger partial charge < -0.3 is 154 Å². The van der Waals surface area contributed by atoms with Crippen LogP contribution in [0.3, 0.4) is 0 Å². The van der Waals surface area contributed by atoms with E-state index in [1.807, 2.05) is 182 Å². The molecule has 32 nitrogen and oxygen atoms in total. The molecule has 0 aromatic heterocycles. The number of aliphatic hydroxyl groups is 7. The Morgan fingerprint density at radius 3 is 0.652 bits per heavy atom. The van der Waals surface area contributed by atoms with Gasteiger partial charge >= 0.3 is 0 Å². The normalized spacial score (nSPS) is 32.0. The molecular weight excluding hydrogens is 1750 g/mol. The fraction of sp³-hybridized carbons (Fsp3) is 0.476. The second kappa shape index (κ2) is 54.7. The summed E-state index contributed by atoms with van der Waals surface area (Å²) in [7, 11) is 1.54. The van der Waals surface area contributed by atoms with Crippen LogP contribution in [0, 0.1) is 0 Å². The highest BCUT2D eigenvalue weighted by Crippen LogP contribution is 2.41. The van der Waals surface area contributed by atoms with Gasteiger partial charge in [-0.25, -0.2) is 0 Å². The standard InChI is InChI=1S/C103H128O32/c1-8-48-118-92-80(104)74(60-112-54-66-32-20-14-21-33-66)125-99(81(92)105)131-88-76(62-114-56-68-36-24-16-25-37-68)127-101(83(107)94(88)120-50-10-3)133-90-78(64-116-58-70-40-28-18-29-41-70)129-103(85(109)96(90)122-52-12-5)135-91-79(65-117-59-71-42-30-19-31-43-71)130-102(86(110)97(91)123-53-13-6)134-89-77(63-115-57-69-38-26-17-27-39-69)128-100(84(108)95(89)121-51-11-4)132-87-75(61-113-55-67-34-22-15-23-35-67)126-98(82(106)93(87)119-49-9-2)124-73-46-44-72(111-7)45-47-73/h8-47,74-110H,1-6,48-65H2,7H3/t74-,75-,76-,77-,78-,79-,80+,81-,82-,83-,84-,85-,86-,87+,88+,89+,90+,91+,92+,93-,94-,95-,96-,97-,98-,99+,100+,101+,102+,103+/m1/s1. The van der Waals surface area contributed by atoms with Gasteiger partial charge in [0.2, 0.25) is 6.29 Å². The summed E-state index contributed by atoms with van der Waals surface area (Å²) in [5.74, 6) is 0.895. The summed E-state index contributed by atoms with van der Waals surface area (Å²) < 4.78 is 165. The first kappa shape index (κ1) is 104. The number of hydrogen-bond acceptors (Lipinski definition) is 32. The van der Waals surface area contributed by atoms with E-state index in [-0.39, 0.29) is 119 Å². The van der Waals surface area contributed by atoms with Crippen molar-refractivity contribution < 1.29 is 154 Å². The third-order valence-corrected chi connectivity index (χ3v) is 23.3. The van der Waals surface area contributed by atoms with Crippen molar-refractivity contribution in [1.29, 1.82) is 0 Å². The zero-order valence-electron chi connectivity index (χ0n) is 75.7. The fourth-order valence-corrected chi connectivity index (χ4v) is 16.7. The molecule has 13 rings (SSSR count). The molecule has 0 amide bonds. The van der Waals surface area contributed by atoms with Crippen molar-refractivity contribution in [2.75, 3.05) is 86.4 Å². The van der Waals surface area contributed by atoms with Crippen LogP contribution in [0.4, 0.5) is 0 Å². The SMILES string of the molecule is C=CCO[C@H]1[C@@H](O)[C@@H](COCc2ccccc2)O[C@@H](O[C@@H]2[C@H](OCC=C)[C@@H](O)[C@H](O[C@@H]3[C@H](OCC=C)[C@@H](O)[C@H](O[C@@H]4[C@H](OCC=C)[C@@H](O)[C@H](O[C@@H]5[C@H](OCC=C)[C@@H](O)[C@H](O[C@@H]6[C@H](OCC=C)[C@@H](O)[C@H](Oc7ccc(OC)cc7)O[C@@H]6COCc6ccccc6)O[C@@H]5COCc5ccccc5)O[C@@H]4COCc4ccccc4)O[C@@H]3COCc3ccccc3)O[C@@H]2COCc2ccccc2)[C@@H]1O. The molecule has 135 heavy (non-hydrogen) atoms. The van der Waals surface area contributed by atoms with Crippen molar-refractivity contribution in [2.24, 2.45) is 0 Å². The van der Waals surface area contributed by atoms with E-state index >= 15 is 0 Å². The van der Waals surface area contributed by atoms with Crippen molar-refractivity contribution in [1.82, 2.24) is 0 Å². The molecular formula is C103H128O32. The Bertz CT molecular complexity index is 4540. The fourth-order valence-electron chi connectivity index (χ4n) is 16.7. The molecule has 0 aliphatic carbocycles. The first-order chi connectivity index (χ1) is 66.1. The Kier molecular flexibility index (Phi) is 42.0. The minimum Gasteiger partial charge on any atom is -0.497 e. The molecule has 0 bridgehead atoms. The summed E-state index contributed by atoms with van der Waals surface area (Å²) in [6.45, 7) is 21.4. The quantitative estimate of drug-likeness (QED) is 0.0175. The predicted molar refractivity (Wildman–Crippen MR) is 488 cm³/mol. The largest absolute Gasteiger partial charge is 0.497 e. The molecule has 0 unspecified atom stereocenters. The molecule has 0 radical (unpaired) electrons. The first-order valence-electron chi connectivity index (χ1n) is 45.4. The van der Waals surface area contributed by atoms with E-state index in [2.05, 4.69) is 39.5 Å². The summed E-state index contributed by atoms with van der Waals surface area (Å²) in [5, 5.41) is 89.3. The zero-order valence-corrected chi connectivity index (χ0v) is 75.7. The number of ether oxygens (including phenoxy) is 25. The van der Waals surface area contributed by atoms with E-state index in [1.54, 1.807) is 24.3 Å². The van der Waals surface area contributed by atoms with Gasteiger partial charge in [-0.15, -0.1) is 39.5 Å². The van der Waals surface area contributed by atoms with Crippen LogP contribution in [0.15, 0.2) is 282 Å². The lowest BCUT2D eigenvalue weighted by molar-refractivity contribution is -0.401. The summed E-state index contributed by atoms with van der Waals surface area (Å²) in [6, 6.07) is 62.9. The number of benzene rings is 7. The molecule has 0 saturated carbocycles. The predicted octanol–water partition coefficient (Wildman–Crippen LogP) is 8.60. The van der Waals surface area contributed by atoms with E-state index in [0.717, 1.165) is 33.4 Å². The molecule has 6 aliphatic rings. The highest BCUT2D eigenvalue weighted by Gasteiger charge is 2.60. The summed E-state index contributed by atoms with van der Waals surface area (Å²) in [5.41, 5.74) is 4.85. The Morgan fingerprint density at radius 2 is 0.422 bits per heavy atom. The average Bonchev–Trinajstić information content (AvgIpc) is 0.704. The zero-order chi connectivity index (χ0) is 94.6. The molecule has 7 aromatic carbocycles. The van der Waals surface area contributed by atoms with Crippen LogP contribution in [0.2, 0.25) is 0 Å². The third kappa shape index (κ3) is 29.3. The second-order valence-corrected chi connectivity index (χ2v) is 33.0. The molecule has 7 N–H and O–H groups in total. The van der Waals surface area contributed by atoms with Crippen LogP contribution in [0.25, 0.3) is 0 Å². The average molecular weight is 1880 g/mol. The van der Waals surface area contributed by atoms with Crippen LogP contribution in [-0.4, -0.2) is 306 Å². The Morgan fingerprint density at radius 1 is 0.230 bits per heavy atom. The van der Waals surface area contributed by atoms with Crippen molar-refractivity contribution >= 4 is 0 Å². The van der Waals surface area contributed by atoms with E-state index in [4.69, 9.17) is 118 Å². The van der Waals surface area contributed by atoms with Crippen molar-refractivity contribution in [3.8, 4) is 11.5 Å². The molecule has 6 fully saturated rings. The van der Waals surface area contributed by atoms with E-state index in [9.17, 15) is 35.7 Å². The summed E-state index contributed by atoms with van der Waals surface area (Å²) in [6.07, 6.45) is -36.3. The first-order valence-corrected chi connectivity index (χ1v) is 45.4. The monoisotopic (exact) mass is 1880 g/mol. The molecule has 7 aromatic rings. The molecule has 0 spiro atoms. The van der Waals surface area contributed by atoms with Crippen LogP contribution >= 0.6 is 0 Å². The Balaban J connectivity index is 0.814. The third-order valence-electron chi connectivity index (χ3n) is 23.3. The lowest BCUT2D eigenvalue weighted by Gasteiger charge is -2.51. The molecule has 32 heteroatoms. The summed E-state index contributed by atoms with van der Waals surface area (Å²) in [4.78, 5) is 0. The van der Waals surface area contributed by atoms with Gasteiger partial charge in [0.05, 0.1) is 126 Å². The van der Waals surface area contributed by atoms with Gasteiger partial charge in [-0.05, 0) is 57.6 Å². The minimum atomic E-state index is -1.87. The Hall–Kier alpha value is -8.62. The lowest BCUT2D eigenvalue weighted by atomic mass is 9.94. The second-order valence-electron chi connectivity index (χ2n) is 33.0. The van der Waals surface area contributed by atoms with Gasteiger partial charge in [-0.3, -0.25) is 0 Å². The van der Waals surface area contributed by atoms with Crippen LogP contribution in [0.1, 0.15) is 33.4 Å². The maximum Gasteiger partial charge on any atom is 0.229 e. The van der Waals surface area contributed by atoms with E-state index in [1.165, 1.54) is 43.6 Å². The van der Waals surface area contributed by atoms with Gasteiger partial charge in [0.25, 0.3) is 0 Å². The molecule has 6 heterocycles. The van der Waals surface area contributed by atoms with Gasteiger partial charge in [0, 0.05) is 0 Å². The Labute approximate surface area is 787 Å². The van der Waals surface area contributed by atoms with Crippen LogP contribution in [0.5, 0.6) is 11.5 Å².